The highest BCUT2D eigenvalue weighted by Crippen LogP contribution is 2.44. The van der Waals surface area contributed by atoms with Crippen LogP contribution in [0.25, 0.3) is 0 Å². The van der Waals surface area contributed by atoms with E-state index in [1.54, 1.807) is 0 Å². The Bertz CT molecular complexity index is 476. The van der Waals surface area contributed by atoms with Gasteiger partial charge in [0.15, 0.2) is 0 Å². The van der Waals surface area contributed by atoms with E-state index >= 15 is 0 Å². The molecule has 2 aliphatic rings. The Kier molecular flexibility index (Phi) is 6.07. The van der Waals surface area contributed by atoms with Crippen molar-refractivity contribution < 1.29 is 9.90 Å². The summed E-state index contributed by atoms with van der Waals surface area (Å²) < 4.78 is 0. The monoisotopic (exact) mass is 319 g/mol. The quantitative estimate of drug-likeness (QED) is 0.809. The predicted molar refractivity (Wildman–Crippen MR) is 94.9 cm³/mol. The number of rotatable bonds is 5. The van der Waals surface area contributed by atoms with Crippen LogP contribution in [0, 0.1) is 23.2 Å². The largest absolute Gasteiger partial charge is 0.387 e. The van der Waals surface area contributed by atoms with Crippen LogP contribution in [0.1, 0.15) is 59.8 Å². The molecule has 1 saturated carbocycles. The second-order valence-corrected chi connectivity index (χ2v) is 8.39. The maximum atomic E-state index is 12.7. The lowest BCUT2D eigenvalue weighted by molar-refractivity contribution is -0.130. The lowest BCUT2D eigenvalue weighted by Gasteiger charge is -2.41. The van der Waals surface area contributed by atoms with E-state index < -0.39 is 6.10 Å². The molecule has 2 rings (SSSR count). The van der Waals surface area contributed by atoms with Crippen molar-refractivity contribution >= 4 is 5.91 Å². The van der Waals surface area contributed by atoms with E-state index in [1.165, 1.54) is 6.42 Å². The molecular formula is C20H33NO2. The van der Waals surface area contributed by atoms with Crippen molar-refractivity contribution in [2.75, 3.05) is 6.54 Å². The predicted octanol–water partition coefficient (Wildman–Crippen LogP) is 3.84. The molecule has 0 aromatic rings. The zero-order chi connectivity index (χ0) is 17.0. The van der Waals surface area contributed by atoms with E-state index in [1.807, 2.05) is 12.2 Å². The van der Waals surface area contributed by atoms with Gasteiger partial charge in [-0.1, -0.05) is 45.9 Å². The van der Waals surface area contributed by atoms with Crippen molar-refractivity contribution in [2.45, 2.75) is 65.9 Å². The topological polar surface area (TPSA) is 49.3 Å². The Morgan fingerprint density at radius 2 is 2.17 bits per heavy atom. The first-order valence-corrected chi connectivity index (χ1v) is 9.11. The van der Waals surface area contributed by atoms with Gasteiger partial charge in [-0.3, -0.25) is 4.79 Å². The molecule has 0 aromatic carbocycles. The maximum Gasteiger partial charge on any atom is 0.223 e. The number of allylic oxidation sites excluding steroid dienone is 3. The molecule has 130 valence electrons. The smallest absolute Gasteiger partial charge is 0.223 e. The summed E-state index contributed by atoms with van der Waals surface area (Å²) in [6.07, 6.45) is 10.6. The minimum absolute atomic E-state index is 0.0752. The van der Waals surface area contributed by atoms with Gasteiger partial charge in [0, 0.05) is 12.5 Å². The number of carbonyl (C=O) groups is 1. The minimum Gasteiger partial charge on any atom is -0.387 e. The summed E-state index contributed by atoms with van der Waals surface area (Å²) in [4.78, 5) is 12.7. The Hall–Kier alpha value is -1.09. The molecule has 1 fully saturated rings. The Morgan fingerprint density at radius 3 is 2.78 bits per heavy atom. The molecule has 23 heavy (non-hydrogen) atoms. The molecular weight excluding hydrogens is 286 g/mol. The van der Waals surface area contributed by atoms with E-state index in [-0.39, 0.29) is 17.2 Å². The van der Waals surface area contributed by atoms with Gasteiger partial charge in [-0.05, 0) is 54.9 Å². The van der Waals surface area contributed by atoms with Crippen LogP contribution in [0.4, 0.5) is 0 Å². The lowest BCUT2D eigenvalue weighted by Crippen LogP contribution is -2.44. The number of nitrogens with one attached hydrogen (secondary N) is 1. The Labute approximate surface area is 141 Å². The van der Waals surface area contributed by atoms with Crippen molar-refractivity contribution in [3.8, 4) is 0 Å². The normalized spacial score (nSPS) is 28.3. The van der Waals surface area contributed by atoms with E-state index in [4.69, 9.17) is 0 Å². The van der Waals surface area contributed by atoms with Crippen LogP contribution in [-0.4, -0.2) is 23.7 Å². The van der Waals surface area contributed by atoms with Crippen molar-refractivity contribution in [1.82, 2.24) is 5.32 Å². The van der Waals surface area contributed by atoms with Crippen LogP contribution >= 0.6 is 0 Å². The summed E-state index contributed by atoms with van der Waals surface area (Å²) in [7, 11) is 0. The summed E-state index contributed by atoms with van der Waals surface area (Å²) >= 11 is 0. The molecule has 3 unspecified atom stereocenters. The third-order valence-electron chi connectivity index (χ3n) is 5.58. The zero-order valence-electron chi connectivity index (χ0n) is 15.1. The van der Waals surface area contributed by atoms with Crippen molar-refractivity contribution in [3.63, 3.8) is 0 Å². The highest BCUT2D eigenvalue weighted by molar-refractivity contribution is 5.79. The summed E-state index contributed by atoms with van der Waals surface area (Å²) in [5, 5.41) is 13.3. The van der Waals surface area contributed by atoms with Crippen molar-refractivity contribution in [1.29, 1.82) is 0 Å². The first-order chi connectivity index (χ1) is 10.8. The molecule has 0 bridgehead atoms. The summed E-state index contributed by atoms with van der Waals surface area (Å²) in [6, 6.07) is 0. The van der Waals surface area contributed by atoms with Gasteiger partial charge in [-0.25, -0.2) is 0 Å². The van der Waals surface area contributed by atoms with Gasteiger partial charge in [0.2, 0.25) is 5.91 Å². The number of aliphatic hydroxyl groups is 1. The summed E-state index contributed by atoms with van der Waals surface area (Å²) in [6.45, 7) is 9.30. The molecule has 0 saturated heterocycles. The third kappa shape index (κ3) is 4.94. The molecule has 0 aromatic heterocycles. The fraction of sp³-hybridized carbons (Fsp3) is 0.750. The molecule has 2 aliphatic carbocycles. The van der Waals surface area contributed by atoms with Crippen LogP contribution in [0.15, 0.2) is 23.8 Å². The van der Waals surface area contributed by atoms with Crippen molar-refractivity contribution in [3.05, 3.63) is 23.8 Å². The van der Waals surface area contributed by atoms with E-state index in [0.717, 1.165) is 31.3 Å². The summed E-state index contributed by atoms with van der Waals surface area (Å²) in [5.41, 5.74) is 1.26. The highest BCUT2D eigenvalue weighted by Gasteiger charge is 2.39. The average molecular weight is 319 g/mol. The standard InChI is InChI=1S/C20H33NO2/c1-14(2)16-10-11-20(3,4)12-17(16)19(23)21-13-18(22)15-8-6-5-7-9-15/h5-6,8,14,16-18,22H,7,9-13H2,1-4H3,(H,21,23). The molecule has 3 atom stereocenters. The molecule has 0 radical (unpaired) electrons. The molecule has 0 aliphatic heterocycles. The minimum atomic E-state index is -0.557. The lowest BCUT2D eigenvalue weighted by atomic mass is 9.64. The Balaban J connectivity index is 1.94. The second kappa shape index (κ2) is 7.65. The summed E-state index contributed by atoms with van der Waals surface area (Å²) in [5.74, 6) is 1.18. The van der Waals surface area contributed by atoms with Gasteiger partial charge in [-0.15, -0.1) is 0 Å². The van der Waals surface area contributed by atoms with Crippen LogP contribution in [0.3, 0.4) is 0 Å². The number of aliphatic hydroxyl groups excluding tert-OH is 1. The van der Waals surface area contributed by atoms with Gasteiger partial charge in [0.1, 0.15) is 0 Å². The molecule has 3 heteroatoms. The van der Waals surface area contributed by atoms with Crippen molar-refractivity contribution in [2.24, 2.45) is 23.2 Å². The van der Waals surface area contributed by atoms with E-state index in [9.17, 15) is 9.90 Å². The first-order valence-electron chi connectivity index (χ1n) is 9.11. The second-order valence-electron chi connectivity index (χ2n) is 8.39. The third-order valence-corrected chi connectivity index (χ3v) is 5.58. The molecule has 3 nitrogen and oxygen atoms in total. The molecule has 0 heterocycles. The van der Waals surface area contributed by atoms with E-state index in [2.05, 4.69) is 39.1 Å². The van der Waals surface area contributed by atoms with Gasteiger partial charge < -0.3 is 10.4 Å². The molecule has 1 amide bonds. The van der Waals surface area contributed by atoms with E-state index in [0.29, 0.717) is 18.4 Å². The average Bonchev–Trinajstić information content (AvgIpc) is 2.51. The van der Waals surface area contributed by atoms with Gasteiger partial charge in [0.25, 0.3) is 0 Å². The van der Waals surface area contributed by atoms with Gasteiger partial charge in [0.05, 0.1) is 6.10 Å². The van der Waals surface area contributed by atoms with Crippen LogP contribution in [0.2, 0.25) is 0 Å². The van der Waals surface area contributed by atoms with Crippen LogP contribution < -0.4 is 5.32 Å². The molecule has 0 spiro atoms. The highest BCUT2D eigenvalue weighted by atomic mass is 16.3. The van der Waals surface area contributed by atoms with Crippen LogP contribution in [-0.2, 0) is 4.79 Å². The van der Waals surface area contributed by atoms with Gasteiger partial charge in [-0.2, -0.15) is 0 Å². The molecule has 2 N–H and O–H groups in total. The SMILES string of the molecule is CC(C)C1CCC(C)(C)CC1C(=O)NCC(O)C1=CC=CCC1. The number of carbonyl (C=O) groups excluding carboxylic acids is 1. The fourth-order valence-electron chi connectivity index (χ4n) is 4.05. The van der Waals surface area contributed by atoms with Crippen LogP contribution in [0.5, 0.6) is 0 Å². The van der Waals surface area contributed by atoms with Gasteiger partial charge >= 0.3 is 0 Å². The number of amides is 1. The fourth-order valence-corrected chi connectivity index (χ4v) is 4.05. The number of hydrogen-bond donors (Lipinski definition) is 2. The maximum absolute atomic E-state index is 12.7. The first kappa shape index (κ1) is 18.3. The Morgan fingerprint density at radius 1 is 1.43 bits per heavy atom. The zero-order valence-corrected chi connectivity index (χ0v) is 15.1. The number of hydrogen-bond acceptors (Lipinski definition) is 2.